The molecule has 1 aromatic heterocycles. The highest BCUT2D eigenvalue weighted by Crippen LogP contribution is 2.21. The van der Waals surface area contributed by atoms with E-state index in [1.165, 1.54) is 19.3 Å². The molecule has 3 rings (SSSR count). The third-order valence-electron chi connectivity index (χ3n) is 5.03. The van der Waals surface area contributed by atoms with Crippen LogP contribution in [-0.4, -0.2) is 57.3 Å². The van der Waals surface area contributed by atoms with E-state index in [1.54, 1.807) is 7.05 Å². The normalized spacial score (nSPS) is 20.2. The van der Waals surface area contributed by atoms with Crippen LogP contribution in [0.2, 0.25) is 0 Å². The molecule has 1 saturated heterocycles. The second kappa shape index (κ2) is 9.89. The Kier molecular flexibility index (Phi) is 8.08. The highest BCUT2D eigenvalue weighted by atomic mass is 127. The molecule has 3 heterocycles. The predicted octanol–water partition coefficient (Wildman–Crippen LogP) is 2.36. The first-order chi connectivity index (χ1) is 12.9. The summed E-state index contributed by atoms with van der Waals surface area (Å²) in [6, 6.07) is 0. The Bertz CT molecular complexity index is 697. The lowest BCUT2D eigenvalue weighted by Gasteiger charge is -2.23. The lowest BCUT2D eigenvalue weighted by molar-refractivity contribution is -0.159. The van der Waals surface area contributed by atoms with Crippen molar-refractivity contribution < 1.29 is 9.53 Å². The number of rotatable bonds is 3. The summed E-state index contributed by atoms with van der Waals surface area (Å²) in [6.45, 7) is 8.71. The van der Waals surface area contributed by atoms with Gasteiger partial charge in [-0.15, -0.1) is 34.2 Å². The molecule has 28 heavy (non-hydrogen) atoms. The van der Waals surface area contributed by atoms with Gasteiger partial charge in [0.15, 0.2) is 11.8 Å². The fourth-order valence-electron chi connectivity index (χ4n) is 3.70. The van der Waals surface area contributed by atoms with Crippen molar-refractivity contribution in [3.63, 3.8) is 0 Å². The third-order valence-corrected chi connectivity index (χ3v) is 5.03. The predicted molar refractivity (Wildman–Crippen MR) is 119 cm³/mol. The quantitative estimate of drug-likeness (QED) is 0.295. The lowest BCUT2D eigenvalue weighted by atomic mass is 10.1. The summed E-state index contributed by atoms with van der Waals surface area (Å²) in [5.41, 5.74) is -0.449. The minimum absolute atomic E-state index is 0. The van der Waals surface area contributed by atoms with Gasteiger partial charge >= 0.3 is 5.97 Å². The number of halogens is 1. The molecule has 1 atom stereocenters. The second-order valence-electron chi connectivity index (χ2n) is 8.36. The molecule has 9 heteroatoms. The maximum Gasteiger partial charge on any atom is 0.311 e. The zero-order valence-corrected chi connectivity index (χ0v) is 19.7. The Morgan fingerprint density at radius 3 is 2.75 bits per heavy atom. The average molecular weight is 504 g/mol. The summed E-state index contributed by atoms with van der Waals surface area (Å²) in [6.07, 6.45) is 5.41. The Morgan fingerprint density at radius 2 is 2.04 bits per heavy atom. The van der Waals surface area contributed by atoms with Gasteiger partial charge in [0.25, 0.3) is 0 Å². The van der Waals surface area contributed by atoms with Gasteiger partial charge in [0.1, 0.15) is 11.4 Å². The number of likely N-dealkylation sites (tertiary alicyclic amines) is 1. The number of aromatic nitrogens is 3. The number of nitrogens with one attached hydrogen (secondary N) is 1. The van der Waals surface area contributed by atoms with E-state index < -0.39 is 5.60 Å². The number of carbonyl (C=O) groups is 1. The van der Waals surface area contributed by atoms with Gasteiger partial charge in [-0.05, 0) is 40.0 Å². The monoisotopic (exact) mass is 504 g/mol. The molecule has 0 spiro atoms. The van der Waals surface area contributed by atoms with Crippen LogP contribution in [-0.2, 0) is 29.0 Å². The van der Waals surface area contributed by atoms with Crippen molar-refractivity contribution in [2.45, 2.75) is 71.6 Å². The fourth-order valence-corrected chi connectivity index (χ4v) is 3.70. The SMILES string of the molecule is CN=C(NCc1nnc2n1CCCCC2)N1CCC(C(=O)OC(C)(C)C)C1.I. The third kappa shape index (κ3) is 5.81. The molecular formula is C19H33IN6O2. The highest BCUT2D eigenvalue weighted by Gasteiger charge is 2.33. The minimum atomic E-state index is -0.449. The van der Waals surface area contributed by atoms with Crippen molar-refractivity contribution >= 4 is 35.9 Å². The number of aryl methyl sites for hydroxylation is 1. The Morgan fingerprint density at radius 1 is 1.25 bits per heavy atom. The van der Waals surface area contributed by atoms with Crippen LogP contribution < -0.4 is 5.32 Å². The van der Waals surface area contributed by atoms with Crippen molar-refractivity contribution in [3.05, 3.63) is 11.6 Å². The number of hydrogen-bond donors (Lipinski definition) is 1. The Labute approximate surface area is 184 Å². The van der Waals surface area contributed by atoms with Crippen LogP contribution in [0.3, 0.4) is 0 Å². The summed E-state index contributed by atoms with van der Waals surface area (Å²) >= 11 is 0. The van der Waals surface area contributed by atoms with E-state index in [2.05, 4.69) is 30.0 Å². The molecule has 1 unspecified atom stereocenters. The summed E-state index contributed by atoms with van der Waals surface area (Å²) < 4.78 is 7.77. The number of carbonyl (C=O) groups excluding carboxylic acids is 1. The Balaban J connectivity index is 0.00000280. The summed E-state index contributed by atoms with van der Waals surface area (Å²) in [5.74, 6) is 2.61. The zero-order valence-electron chi connectivity index (χ0n) is 17.4. The minimum Gasteiger partial charge on any atom is -0.460 e. The molecule has 0 aromatic carbocycles. The van der Waals surface area contributed by atoms with Gasteiger partial charge in [-0.1, -0.05) is 6.42 Å². The van der Waals surface area contributed by atoms with Gasteiger partial charge in [-0.25, -0.2) is 0 Å². The van der Waals surface area contributed by atoms with Crippen molar-refractivity contribution in [2.75, 3.05) is 20.1 Å². The van der Waals surface area contributed by atoms with Crippen LogP contribution in [0.5, 0.6) is 0 Å². The maximum absolute atomic E-state index is 12.3. The van der Waals surface area contributed by atoms with Gasteiger partial charge in [0.2, 0.25) is 0 Å². The van der Waals surface area contributed by atoms with E-state index in [9.17, 15) is 4.79 Å². The van der Waals surface area contributed by atoms with Gasteiger partial charge in [-0.3, -0.25) is 9.79 Å². The van der Waals surface area contributed by atoms with Crippen LogP contribution in [0, 0.1) is 5.92 Å². The number of ether oxygens (including phenoxy) is 1. The standard InChI is InChI=1S/C19H32N6O2.HI/c1-19(2,3)27-17(26)14-9-11-24(13-14)18(20-4)21-12-16-23-22-15-8-6-5-7-10-25(15)16;/h14H,5-13H2,1-4H3,(H,20,21);1H. The van der Waals surface area contributed by atoms with Gasteiger partial charge < -0.3 is 19.5 Å². The van der Waals surface area contributed by atoms with Crippen molar-refractivity contribution in [1.29, 1.82) is 0 Å². The van der Waals surface area contributed by atoms with Crippen molar-refractivity contribution in [3.8, 4) is 0 Å². The zero-order chi connectivity index (χ0) is 19.4. The number of esters is 1. The molecule has 1 fully saturated rings. The molecule has 0 bridgehead atoms. The van der Waals surface area contributed by atoms with Crippen molar-refractivity contribution in [1.82, 2.24) is 25.0 Å². The topological polar surface area (TPSA) is 84.6 Å². The summed E-state index contributed by atoms with van der Waals surface area (Å²) in [7, 11) is 1.77. The number of fused-ring (bicyclic) bond motifs is 1. The fraction of sp³-hybridized carbons (Fsp3) is 0.789. The molecule has 0 radical (unpaired) electrons. The van der Waals surface area contributed by atoms with Gasteiger partial charge in [-0.2, -0.15) is 0 Å². The number of nitrogens with zero attached hydrogens (tertiary/aromatic N) is 5. The Hall–Kier alpha value is -1.39. The first-order valence-electron chi connectivity index (χ1n) is 9.97. The summed E-state index contributed by atoms with van der Waals surface area (Å²) in [5, 5.41) is 12.1. The molecule has 1 N–H and O–H groups in total. The van der Waals surface area contributed by atoms with Crippen LogP contribution in [0.1, 0.15) is 58.1 Å². The largest absolute Gasteiger partial charge is 0.460 e. The smallest absolute Gasteiger partial charge is 0.311 e. The van der Waals surface area contributed by atoms with E-state index >= 15 is 0 Å². The highest BCUT2D eigenvalue weighted by molar-refractivity contribution is 14.0. The number of hydrogen-bond acceptors (Lipinski definition) is 5. The van der Waals surface area contributed by atoms with E-state index in [0.717, 1.165) is 43.5 Å². The summed E-state index contributed by atoms with van der Waals surface area (Å²) in [4.78, 5) is 18.8. The van der Waals surface area contributed by atoms with Crippen LogP contribution >= 0.6 is 24.0 Å². The molecule has 2 aliphatic rings. The van der Waals surface area contributed by atoms with Gasteiger partial charge in [0.05, 0.1) is 12.5 Å². The first kappa shape index (κ1) is 22.9. The van der Waals surface area contributed by atoms with Crippen molar-refractivity contribution in [2.24, 2.45) is 10.9 Å². The molecule has 0 amide bonds. The molecular weight excluding hydrogens is 471 g/mol. The van der Waals surface area contributed by atoms with Crippen LogP contribution in [0.4, 0.5) is 0 Å². The first-order valence-corrected chi connectivity index (χ1v) is 9.97. The molecule has 0 saturated carbocycles. The number of guanidine groups is 1. The van der Waals surface area contributed by atoms with Gasteiger partial charge in [0, 0.05) is 33.1 Å². The number of aliphatic imine (C=N–C) groups is 1. The van der Waals surface area contributed by atoms with E-state index in [-0.39, 0.29) is 35.9 Å². The maximum atomic E-state index is 12.3. The molecule has 158 valence electrons. The molecule has 8 nitrogen and oxygen atoms in total. The average Bonchev–Trinajstić information content (AvgIpc) is 3.16. The van der Waals surface area contributed by atoms with Crippen LogP contribution in [0.25, 0.3) is 0 Å². The van der Waals surface area contributed by atoms with E-state index in [4.69, 9.17) is 4.74 Å². The second-order valence-corrected chi connectivity index (χ2v) is 8.36. The van der Waals surface area contributed by atoms with E-state index in [0.29, 0.717) is 13.1 Å². The lowest BCUT2D eigenvalue weighted by Crippen LogP contribution is -2.41. The molecule has 2 aliphatic heterocycles. The van der Waals surface area contributed by atoms with E-state index in [1.807, 2.05) is 20.8 Å². The molecule has 1 aromatic rings. The molecule has 0 aliphatic carbocycles. The van der Waals surface area contributed by atoms with Crippen LogP contribution in [0.15, 0.2) is 4.99 Å².